The van der Waals surface area contributed by atoms with Crippen molar-refractivity contribution in [3.63, 3.8) is 0 Å². The van der Waals surface area contributed by atoms with Gasteiger partial charge in [-0.1, -0.05) is 11.6 Å². The maximum atomic E-state index is 8.84. The molecule has 0 aliphatic heterocycles. The Balaban J connectivity index is 2.64. The molecule has 0 fully saturated rings. The molecular formula is C8H13Cl2N3O2. The second-order valence-corrected chi connectivity index (χ2v) is 3.82. The van der Waals surface area contributed by atoms with E-state index < -0.39 is 0 Å². The molecule has 1 rings (SSSR count). The van der Waals surface area contributed by atoms with Gasteiger partial charge in [0, 0.05) is 13.6 Å². The quantitative estimate of drug-likeness (QED) is 0.700. The fourth-order valence-corrected chi connectivity index (χ4v) is 1.59. The number of rotatable bonds is 5. The summed E-state index contributed by atoms with van der Waals surface area (Å²) in [4.78, 5) is 3.87. The van der Waals surface area contributed by atoms with Crippen molar-refractivity contribution in [1.29, 1.82) is 0 Å². The van der Waals surface area contributed by atoms with E-state index in [1.54, 1.807) is 11.6 Å². The highest BCUT2D eigenvalue weighted by Gasteiger charge is 2.13. The predicted octanol–water partition coefficient (Wildman–Crippen LogP) is 0.170. The van der Waals surface area contributed by atoms with Crippen molar-refractivity contribution in [3.05, 3.63) is 16.1 Å². The van der Waals surface area contributed by atoms with Gasteiger partial charge in [-0.25, -0.2) is 4.98 Å². The molecule has 86 valence electrons. The standard InChI is InChI=1S/C8H13Cl2N3O2/c1-13-6(7(9)12-8(13)10)2-11-5(3-14)4-15/h5,11,14-15H,2-4H2,1H3. The average molecular weight is 254 g/mol. The number of nitrogens with zero attached hydrogens (tertiary/aromatic N) is 2. The molecule has 0 aliphatic rings. The van der Waals surface area contributed by atoms with Gasteiger partial charge in [-0.2, -0.15) is 0 Å². The third kappa shape index (κ3) is 3.06. The lowest BCUT2D eigenvalue weighted by atomic mass is 10.3. The number of imidazole rings is 1. The molecule has 0 radical (unpaired) electrons. The fraction of sp³-hybridized carbons (Fsp3) is 0.625. The second-order valence-electron chi connectivity index (χ2n) is 3.12. The Morgan fingerprint density at radius 2 is 2.00 bits per heavy atom. The molecule has 3 N–H and O–H groups in total. The summed E-state index contributed by atoms with van der Waals surface area (Å²) in [6.07, 6.45) is 0. The van der Waals surface area contributed by atoms with Crippen LogP contribution in [0.3, 0.4) is 0 Å². The lowest BCUT2D eigenvalue weighted by Gasteiger charge is -2.13. The molecule has 0 amide bonds. The van der Waals surface area contributed by atoms with E-state index in [1.807, 2.05) is 0 Å². The SMILES string of the molecule is Cn1c(Cl)nc(Cl)c1CNC(CO)CO. The zero-order valence-corrected chi connectivity index (χ0v) is 9.76. The summed E-state index contributed by atoms with van der Waals surface area (Å²) in [6.45, 7) is 0.111. The number of nitrogens with one attached hydrogen (secondary N) is 1. The van der Waals surface area contributed by atoms with Crippen LogP contribution in [0.25, 0.3) is 0 Å². The smallest absolute Gasteiger partial charge is 0.204 e. The molecular weight excluding hydrogens is 241 g/mol. The van der Waals surface area contributed by atoms with Gasteiger partial charge in [0.1, 0.15) is 0 Å². The highest BCUT2D eigenvalue weighted by molar-refractivity contribution is 6.32. The molecule has 1 aromatic rings. The van der Waals surface area contributed by atoms with Crippen LogP contribution in [0, 0.1) is 0 Å². The largest absolute Gasteiger partial charge is 0.395 e. The lowest BCUT2D eigenvalue weighted by molar-refractivity contribution is 0.170. The zero-order valence-electron chi connectivity index (χ0n) is 8.24. The van der Waals surface area contributed by atoms with Crippen molar-refractivity contribution in [3.8, 4) is 0 Å². The molecule has 5 nitrogen and oxygen atoms in total. The van der Waals surface area contributed by atoms with E-state index in [-0.39, 0.29) is 19.3 Å². The Morgan fingerprint density at radius 3 is 2.40 bits per heavy atom. The number of hydrogen-bond acceptors (Lipinski definition) is 4. The van der Waals surface area contributed by atoms with Crippen LogP contribution in [0.15, 0.2) is 0 Å². The molecule has 15 heavy (non-hydrogen) atoms. The van der Waals surface area contributed by atoms with Gasteiger partial charge in [-0.15, -0.1) is 0 Å². The molecule has 0 aromatic carbocycles. The maximum Gasteiger partial charge on any atom is 0.204 e. The summed E-state index contributed by atoms with van der Waals surface area (Å²) in [7, 11) is 1.74. The number of aliphatic hydroxyl groups is 2. The summed E-state index contributed by atoms with van der Waals surface area (Å²) in [6, 6.07) is -0.366. The van der Waals surface area contributed by atoms with Crippen LogP contribution >= 0.6 is 23.2 Å². The third-order valence-corrected chi connectivity index (χ3v) is 2.75. The first kappa shape index (κ1) is 12.7. The highest BCUT2D eigenvalue weighted by atomic mass is 35.5. The summed E-state index contributed by atoms with van der Waals surface area (Å²) in [5.41, 5.74) is 0.716. The normalized spacial score (nSPS) is 11.3. The minimum Gasteiger partial charge on any atom is -0.395 e. The Labute approximate surface area is 97.6 Å². The molecule has 0 unspecified atom stereocenters. The van der Waals surface area contributed by atoms with E-state index in [2.05, 4.69) is 10.3 Å². The van der Waals surface area contributed by atoms with E-state index in [9.17, 15) is 0 Å². The highest BCUT2D eigenvalue weighted by Crippen LogP contribution is 2.19. The fourth-order valence-electron chi connectivity index (χ4n) is 1.09. The van der Waals surface area contributed by atoms with Crippen LogP contribution in [0.1, 0.15) is 5.69 Å². The molecule has 0 aliphatic carbocycles. The minimum atomic E-state index is -0.366. The minimum absolute atomic E-state index is 0.139. The Hall–Kier alpha value is -0.330. The number of hydrogen-bond donors (Lipinski definition) is 3. The Kier molecular flexibility index (Phi) is 4.82. The first-order valence-corrected chi connectivity index (χ1v) is 5.17. The van der Waals surface area contributed by atoms with Crippen LogP contribution in [-0.2, 0) is 13.6 Å². The Bertz CT molecular complexity index is 326. The van der Waals surface area contributed by atoms with Crippen molar-refractivity contribution >= 4 is 23.2 Å². The van der Waals surface area contributed by atoms with Gasteiger partial charge in [-0.05, 0) is 11.6 Å². The molecule has 0 bridgehead atoms. The van der Waals surface area contributed by atoms with E-state index in [4.69, 9.17) is 33.4 Å². The van der Waals surface area contributed by atoms with Gasteiger partial charge >= 0.3 is 0 Å². The first-order valence-electron chi connectivity index (χ1n) is 4.41. The summed E-state index contributed by atoms with van der Waals surface area (Å²) in [5.74, 6) is 0. The summed E-state index contributed by atoms with van der Waals surface area (Å²) >= 11 is 11.6. The van der Waals surface area contributed by atoms with E-state index in [1.165, 1.54) is 0 Å². The second kappa shape index (κ2) is 5.67. The third-order valence-electron chi connectivity index (χ3n) is 2.11. The molecule has 0 saturated carbocycles. The molecule has 7 heteroatoms. The van der Waals surface area contributed by atoms with E-state index >= 15 is 0 Å². The predicted molar refractivity (Wildman–Crippen MR) is 58.0 cm³/mol. The van der Waals surface area contributed by atoms with Crippen LogP contribution in [-0.4, -0.2) is 39.0 Å². The van der Waals surface area contributed by atoms with E-state index in [0.29, 0.717) is 22.7 Å². The zero-order chi connectivity index (χ0) is 11.4. The first-order chi connectivity index (χ1) is 7.10. The van der Waals surface area contributed by atoms with Crippen molar-refractivity contribution in [1.82, 2.24) is 14.9 Å². The van der Waals surface area contributed by atoms with Crippen molar-refractivity contribution in [2.75, 3.05) is 13.2 Å². The number of halogens is 2. The molecule has 0 atom stereocenters. The molecule has 0 spiro atoms. The van der Waals surface area contributed by atoms with Crippen LogP contribution in [0.5, 0.6) is 0 Å². The van der Waals surface area contributed by atoms with Crippen LogP contribution in [0.4, 0.5) is 0 Å². The van der Waals surface area contributed by atoms with Crippen molar-refractivity contribution < 1.29 is 10.2 Å². The van der Waals surface area contributed by atoms with E-state index in [0.717, 1.165) is 0 Å². The van der Waals surface area contributed by atoms with Gasteiger partial charge in [0.15, 0.2) is 5.15 Å². The molecule has 1 aromatic heterocycles. The lowest BCUT2D eigenvalue weighted by Crippen LogP contribution is -2.35. The van der Waals surface area contributed by atoms with Crippen molar-refractivity contribution in [2.24, 2.45) is 7.05 Å². The summed E-state index contributed by atoms with van der Waals surface area (Å²) < 4.78 is 1.64. The monoisotopic (exact) mass is 253 g/mol. The van der Waals surface area contributed by atoms with Gasteiger partial charge in [0.05, 0.1) is 24.9 Å². The number of aliphatic hydroxyl groups excluding tert-OH is 2. The van der Waals surface area contributed by atoms with Crippen LogP contribution in [0.2, 0.25) is 10.4 Å². The summed E-state index contributed by atoms with van der Waals surface area (Å²) in [5, 5.41) is 21.2. The number of aromatic nitrogens is 2. The van der Waals surface area contributed by atoms with Gasteiger partial charge in [-0.3, -0.25) is 0 Å². The van der Waals surface area contributed by atoms with Gasteiger partial charge < -0.3 is 20.1 Å². The Morgan fingerprint density at radius 1 is 1.40 bits per heavy atom. The van der Waals surface area contributed by atoms with Crippen LogP contribution < -0.4 is 5.32 Å². The van der Waals surface area contributed by atoms with Gasteiger partial charge in [0.2, 0.25) is 5.28 Å². The molecule has 1 heterocycles. The van der Waals surface area contributed by atoms with Gasteiger partial charge in [0.25, 0.3) is 0 Å². The maximum absolute atomic E-state index is 8.84. The van der Waals surface area contributed by atoms with Crippen molar-refractivity contribution in [2.45, 2.75) is 12.6 Å². The average Bonchev–Trinajstić information content (AvgIpc) is 2.45. The topological polar surface area (TPSA) is 70.3 Å². The molecule has 0 saturated heterocycles.